The molecule has 3 rings (SSSR count). The Balaban J connectivity index is 1.59. The van der Waals surface area contributed by atoms with Crippen LogP contribution in [0.25, 0.3) is 0 Å². The molecule has 0 saturated carbocycles. The van der Waals surface area contributed by atoms with Gasteiger partial charge in [0, 0.05) is 33.0 Å². The lowest BCUT2D eigenvalue weighted by Gasteiger charge is -2.15. The number of thioether (sulfide) groups is 1. The van der Waals surface area contributed by atoms with E-state index in [1.165, 1.54) is 12.1 Å². The van der Waals surface area contributed by atoms with Crippen LogP contribution in [0.1, 0.15) is 21.9 Å². The average Bonchev–Trinajstić information content (AvgIpc) is 3.23. The van der Waals surface area contributed by atoms with E-state index in [1.54, 1.807) is 54.2 Å². The van der Waals surface area contributed by atoms with Gasteiger partial charge in [0.25, 0.3) is 5.91 Å². The van der Waals surface area contributed by atoms with Crippen LogP contribution in [0.5, 0.6) is 0 Å². The second-order valence-corrected chi connectivity index (χ2v) is 6.61. The van der Waals surface area contributed by atoms with Crippen molar-refractivity contribution in [3.8, 4) is 0 Å². The van der Waals surface area contributed by atoms with Crippen molar-refractivity contribution in [2.75, 3.05) is 7.05 Å². The molecule has 0 aliphatic carbocycles. The molecule has 0 radical (unpaired) electrons. The topological polar surface area (TPSA) is 51.3 Å². The quantitative estimate of drug-likeness (QED) is 0.630. The summed E-state index contributed by atoms with van der Waals surface area (Å²) in [5.41, 5.74) is 0.856. The van der Waals surface area contributed by atoms with E-state index in [-0.39, 0.29) is 11.7 Å². The van der Waals surface area contributed by atoms with Crippen molar-refractivity contribution >= 4 is 17.7 Å². The highest BCUT2D eigenvalue weighted by Gasteiger charge is 2.16. The van der Waals surface area contributed by atoms with Crippen molar-refractivity contribution in [1.29, 1.82) is 0 Å². The third-order valence-electron chi connectivity index (χ3n) is 3.67. The SMILES string of the molecule is CN(Cc1ccc(F)cc1)C(=O)c1ccc(CSc2nccn2C)o1. The molecule has 130 valence electrons. The lowest BCUT2D eigenvalue weighted by Crippen LogP contribution is -2.25. The first-order valence-corrected chi connectivity index (χ1v) is 8.70. The minimum atomic E-state index is -0.293. The molecule has 1 amide bonds. The van der Waals surface area contributed by atoms with Crippen molar-refractivity contribution in [1.82, 2.24) is 14.5 Å². The van der Waals surface area contributed by atoms with Crippen LogP contribution in [0.2, 0.25) is 0 Å². The van der Waals surface area contributed by atoms with Gasteiger partial charge >= 0.3 is 0 Å². The lowest BCUT2D eigenvalue weighted by atomic mass is 10.2. The van der Waals surface area contributed by atoms with Crippen LogP contribution in [0.15, 0.2) is 58.4 Å². The van der Waals surface area contributed by atoms with E-state index in [9.17, 15) is 9.18 Å². The second kappa shape index (κ2) is 7.57. The molecule has 0 saturated heterocycles. The van der Waals surface area contributed by atoms with Gasteiger partial charge in [0.05, 0.1) is 5.75 Å². The number of hydrogen-bond acceptors (Lipinski definition) is 4. The van der Waals surface area contributed by atoms with Crippen molar-refractivity contribution in [3.05, 3.63) is 71.7 Å². The standard InChI is InChI=1S/C18H18FN3O2S/c1-21-10-9-20-18(21)25-12-15-7-8-16(24-15)17(23)22(2)11-13-3-5-14(19)6-4-13/h3-10H,11-12H2,1-2H3. The van der Waals surface area contributed by atoms with Crippen molar-refractivity contribution in [3.63, 3.8) is 0 Å². The van der Waals surface area contributed by atoms with Gasteiger partial charge in [-0.1, -0.05) is 23.9 Å². The zero-order valence-corrected chi connectivity index (χ0v) is 14.8. The molecular formula is C18H18FN3O2S. The number of imidazole rings is 1. The predicted molar refractivity (Wildman–Crippen MR) is 93.7 cm³/mol. The van der Waals surface area contributed by atoms with Gasteiger partial charge in [-0.2, -0.15) is 0 Å². The summed E-state index contributed by atoms with van der Waals surface area (Å²) < 4.78 is 20.5. The Kier molecular flexibility index (Phi) is 5.23. The monoisotopic (exact) mass is 359 g/mol. The molecule has 0 bridgehead atoms. The van der Waals surface area contributed by atoms with Crippen LogP contribution >= 0.6 is 11.8 Å². The van der Waals surface area contributed by atoms with E-state index in [1.807, 2.05) is 17.8 Å². The number of nitrogens with zero attached hydrogens (tertiary/aromatic N) is 3. The molecule has 1 aromatic carbocycles. The first-order valence-electron chi connectivity index (χ1n) is 7.71. The summed E-state index contributed by atoms with van der Waals surface area (Å²) in [5.74, 6) is 1.10. The Morgan fingerprint density at radius 1 is 1.28 bits per heavy atom. The maximum atomic E-state index is 12.9. The van der Waals surface area contributed by atoms with Crippen LogP contribution < -0.4 is 0 Å². The van der Waals surface area contributed by atoms with Crippen LogP contribution in [-0.2, 0) is 19.3 Å². The molecule has 0 atom stereocenters. The van der Waals surface area contributed by atoms with Crippen molar-refractivity contribution in [2.24, 2.45) is 7.05 Å². The smallest absolute Gasteiger partial charge is 0.289 e. The fourth-order valence-corrected chi connectivity index (χ4v) is 3.15. The molecule has 5 nitrogen and oxygen atoms in total. The molecule has 3 aromatic rings. The van der Waals surface area contributed by atoms with Crippen LogP contribution in [0, 0.1) is 5.82 Å². The first-order chi connectivity index (χ1) is 12.0. The fourth-order valence-electron chi connectivity index (χ4n) is 2.32. The summed E-state index contributed by atoms with van der Waals surface area (Å²) in [6, 6.07) is 9.57. The molecule has 2 heterocycles. The maximum Gasteiger partial charge on any atom is 0.289 e. The van der Waals surface area contributed by atoms with E-state index in [4.69, 9.17) is 4.42 Å². The summed E-state index contributed by atoms with van der Waals surface area (Å²) in [6.45, 7) is 0.386. The zero-order chi connectivity index (χ0) is 17.8. The number of halogens is 1. The molecule has 0 N–H and O–H groups in total. The lowest BCUT2D eigenvalue weighted by molar-refractivity contribution is 0.0752. The average molecular weight is 359 g/mol. The highest BCUT2D eigenvalue weighted by molar-refractivity contribution is 7.98. The van der Waals surface area contributed by atoms with E-state index in [0.29, 0.717) is 23.8 Å². The number of aromatic nitrogens is 2. The normalized spacial score (nSPS) is 10.8. The largest absolute Gasteiger partial charge is 0.455 e. The van der Waals surface area contributed by atoms with Gasteiger partial charge in [0.15, 0.2) is 10.9 Å². The molecule has 2 aromatic heterocycles. The zero-order valence-electron chi connectivity index (χ0n) is 14.0. The Morgan fingerprint density at radius 3 is 2.72 bits per heavy atom. The van der Waals surface area contributed by atoms with Gasteiger partial charge in [-0.15, -0.1) is 0 Å². The highest BCUT2D eigenvalue weighted by Crippen LogP contribution is 2.22. The Labute approximate surface area is 149 Å². The fraction of sp³-hybridized carbons (Fsp3) is 0.222. The summed E-state index contributed by atoms with van der Waals surface area (Å²) in [4.78, 5) is 18.2. The Hall–Kier alpha value is -2.54. The molecule has 7 heteroatoms. The minimum absolute atomic E-state index is 0.211. The number of benzene rings is 1. The van der Waals surface area contributed by atoms with Crippen molar-refractivity contribution in [2.45, 2.75) is 17.5 Å². The second-order valence-electron chi connectivity index (χ2n) is 5.66. The van der Waals surface area contributed by atoms with Crippen molar-refractivity contribution < 1.29 is 13.6 Å². The number of furan rings is 1. The Bertz CT molecular complexity index is 857. The molecule has 0 spiro atoms. The highest BCUT2D eigenvalue weighted by atomic mass is 32.2. The van der Waals surface area contributed by atoms with E-state index in [2.05, 4.69) is 4.98 Å². The summed E-state index contributed by atoms with van der Waals surface area (Å²) in [6.07, 6.45) is 3.62. The van der Waals surface area contributed by atoms with Gasteiger partial charge in [0.1, 0.15) is 11.6 Å². The number of amides is 1. The number of carbonyl (C=O) groups excluding carboxylic acids is 1. The maximum absolute atomic E-state index is 12.9. The number of carbonyl (C=O) groups is 1. The summed E-state index contributed by atoms with van der Waals surface area (Å²) >= 11 is 1.54. The van der Waals surface area contributed by atoms with Gasteiger partial charge in [-0.3, -0.25) is 4.79 Å². The molecule has 0 unspecified atom stereocenters. The van der Waals surface area contributed by atoms with Gasteiger partial charge in [-0.05, 0) is 29.8 Å². The number of aryl methyl sites for hydroxylation is 1. The van der Waals surface area contributed by atoms with Crippen LogP contribution in [-0.4, -0.2) is 27.4 Å². The van der Waals surface area contributed by atoms with Crippen LogP contribution in [0.4, 0.5) is 4.39 Å². The molecule has 0 fully saturated rings. The molecule has 25 heavy (non-hydrogen) atoms. The van der Waals surface area contributed by atoms with Gasteiger partial charge in [0.2, 0.25) is 0 Å². The number of hydrogen-bond donors (Lipinski definition) is 0. The molecular weight excluding hydrogens is 341 g/mol. The van der Waals surface area contributed by atoms with Gasteiger partial charge < -0.3 is 13.9 Å². The van der Waals surface area contributed by atoms with Crippen LogP contribution in [0.3, 0.4) is 0 Å². The Morgan fingerprint density at radius 2 is 2.04 bits per heavy atom. The minimum Gasteiger partial charge on any atom is -0.455 e. The van der Waals surface area contributed by atoms with E-state index in [0.717, 1.165) is 10.7 Å². The third kappa shape index (κ3) is 4.30. The summed E-state index contributed by atoms with van der Waals surface area (Å²) in [5, 5.41) is 0.887. The third-order valence-corrected chi connectivity index (χ3v) is 4.75. The summed E-state index contributed by atoms with van der Waals surface area (Å²) in [7, 11) is 3.62. The predicted octanol–water partition coefficient (Wildman–Crippen LogP) is 3.72. The van der Waals surface area contributed by atoms with E-state index >= 15 is 0 Å². The molecule has 0 aliphatic heterocycles. The van der Waals surface area contributed by atoms with E-state index < -0.39 is 0 Å². The molecule has 0 aliphatic rings. The number of rotatable bonds is 6. The van der Waals surface area contributed by atoms with Gasteiger partial charge in [-0.25, -0.2) is 9.37 Å². The first kappa shape index (κ1) is 17.3.